The van der Waals surface area contributed by atoms with E-state index in [1.165, 1.54) is 17.7 Å². The van der Waals surface area contributed by atoms with Crippen molar-refractivity contribution in [3.8, 4) is 0 Å². The van der Waals surface area contributed by atoms with E-state index in [1.54, 1.807) is 7.05 Å². The first-order chi connectivity index (χ1) is 6.50. The Labute approximate surface area is 79.5 Å². The molecule has 76 valence electrons. The fourth-order valence-electron chi connectivity index (χ4n) is 0.876. The summed E-state index contributed by atoms with van der Waals surface area (Å²) in [5.74, 6) is -0.364. The van der Waals surface area contributed by atoms with Crippen molar-refractivity contribution in [2.24, 2.45) is 7.05 Å². The van der Waals surface area contributed by atoms with E-state index in [9.17, 15) is 14.9 Å². The molecule has 1 aromatic rings. The average molecular weight is 199 g/mol. The van der Waals surface area contributed by atoms with Crippen LogP contribution in [0.15, 0.2) is 6.20 Å². The number of ether oxygens (including phenoxy) is 1. The van der Waals surface area contributed by atoms with Crippen LogP contribution in [0.2, 0.25) is 0 Å². The summed E-state index contributed by atoms with van der Waals surface area (Å²) in [6.07, 6.45) is 1.26. The van der Waals surface area contributed by atoms with Crippen molar-refractivity contribution in [1.29, 1.82) is 0 Å². The molecule has 7 heteroatoms. The minimum absolute atomic E-state index is 0.0559. The van der Waals surface area contributed by atoms with Crippen molar-refractivity contribution in [2.75, 3.05) is 0 Å². The molecule has 7 nitrogen and oxygen atoms in total. The van der Waals surface area contributed by atoms with Crippen LogP contribution >= 0.6 is 0 Å². The maximum Gasteiger partial charge on any atom is 0.381 e. The average Bonchev–Trinajstić information content (AvgIpc) is 2.43. The van der Waals surface area contributed by atoms with E-state index in [4.69, 9.17) is 0 Å². The van der Waals surface area contributed by atoms with E-state index in [0.717, 1.165) is 0 Å². The highest BCUT2D eigenvalue weighted by molar-refractivity contribution is 5.65. The lowest BCUT2D eigenvalue weighted by molar-refractivity contribution is -0.389. The summed E-state index contributed by atoms with van der Waals surface area (Å²) in [5, 5.41) is 10.3. The fraction of sp³-hybridized carbons (Fsp3) is 0.429. The van der Waals surface area contributed by atoms with Gasteiger partial charge in [0.2, 0.25) is 0 Å². The zero-order chi connectivity index (χ0) is 10.7. The van der Waals surface area contributed by atoms with Crippen molar-refractivity contribution < 1.29 is 14.5 Å². The number of imidazole rings is 1. The summed E-state index contributed by atoms with van der Waals surface area (Å²) in [6.45, 7) is 1.21. The molecule has 0 aliphatic carbocycles. The summed E-state index contributed by atoms with van der Waals surface area (Å²) < 4.78 is 6.10. The minimum Gasteiger partial charge on any atom is -0.455 e. The van der Waals surface area contributed by atoms with Crippen molar-refractivity contribution >= 4 is 11.8 Å². The molecule has 0 fully saturated rings. The first-order valence-corrected chi connectivity index (χ1v) is 3.80. The van der Waals surface area contributed by atoms with Gasteiger partial charge in [-0.2, -0.15) is 0 Å². The number of nitro groups is 1. The third-order valence-electron chi connectivity index (χ3n) is 1.55. The van der Waals surface area contributed by atoms with Crippen LogP contribution in [0.4, 0.5) is 5.82 Å². The molecular weight excluding hydrogens is 190 g/mol. The molecule has 0 atom stereocenters. The van der Waals surface area contributed by atoms with E-state index < -0.39 is 10.9 Å². The molecule has 0 N–H and O–H groups in total. The predicted molar refractivity (Wildman–Crippen MR) is 45.3 cm³/mol. The molecule has 0 bridgehead atoms. The summed E-state index contributed by atoms with van der Waals surface area (Å²) >= 11 is 0. The molecule has 0 amide bonds. The Kier molecular flexibility index (Phi) is 2.80. The van der Waals surface area contributed by atoms with Crippen LogP contribution in [-0.4, -0.2) is 20.4 Å². The van der Waals surface area contributed by atoms with Crippen molar-refractivity contribution in [3.05, 3.63) is 22.1 Å². The van der Waals surface area contributed by atoms with Crippen LogP contribution in [0.1, 0.15) is 12.7 Å². The Bertz CT molecular complexity index is 371. The van der Waals surface area contributed by atoms with Gasteiger partial charge in [0.25, 0.3) is 5.82 Å². The summed E-state index contributed by atoms with van der Waals surface area (Å²) in [6, 6.07) is 0. The van der Waals surface area contributed by atoms with Crippen LogP contribution in [0, 0.1) is 10.1 Å². The highest BCUT2D eigenvalue weighted by Gasteiger charge is 2.16. The number of rotatable bonds is 3. The smallest absolute Gasteiger partial charge is 0.381 e. The second kappa shape index (κ2) is 3.86. The quantitative estimate of drug-likeness (QED) is 0.399. The zero-order valence-corrected chi connectivity index (χ0v) is 7.76. The van der Waals surface area contributed by atoms with Crippen LogP contribution in [-0.2, 0) is 23.2 Å². The third-order valence-corrected chi connectivity index (χ3v) is 1.55. The Morgan fingerprint density at radius 3 is 2.86 bits per heavy atom. The largest absolute Gasteiger partial charge is 0.455 e. The Morgan fingerprint density at radius 1 is 1.79 bits per heavy atom. The minimum atomic E-state index is -0.600. The molecule has 0 aromatic carbocycles. The molecule has 0 saturated carbocycles. The monoisotopic (exact) mass is 199 g/mol. The van der Waals surface area contributed by atoms with Gasteiger partial charge in [-0.25, -0.2) is 0 Å². The SMILES string of the molecule is CC(=O)OCc1nc([N+](=O)[O-])cn1C. The first kappa shape index (κ1) is 10.2. The topological polar surface area (TPSA) is 87.3 Å². The second-order valence-corrected chi connectivity index (χ2v) is 2.66. The number of aryl methyl sites for hydroxylation is 1. The number of nitrogens with zero attached hydrogens (tertiary/aromatic N) is 3. The Balaban J connectivity index is 2.77. The van der Waals surface area contributed by atoms with Gasteiger partial charge in [0, 0.05) is 14.0 Å². The van der Waals surface area contributed by atoms with Gasteiger partial charge in [-0.05, 0) is 9.91 Å². The standard InChI is InChI=1S/C7H9N3O4/c1-5(11)14-4-7-8-6(10(12)13)3-9(7)2/h3H,4H2,1-2H3. The van der Waals surface area contributed by atoms with Gasteiger partial charge in [-0.3, -0.25) is 4.79 Å². The number of hydrogen-bond donors (Lipinski definition) is 0. The molecule has 1 rings (SSSR count). The molecule has 0 aliphatic rings. The molecule has 0 radical (unpaired) electrons. The number of aromatic nitrogens is 2. The number of carbonyl (C=O) groups excluding carboxylic acids is 1. The van der Waals surface area contributed by atoms with E-state index in [-0.39, 0.29) is 12.4 Å². The van der Waals surface area contributed by atoms with Crippen LogP contribution < -0.4 is 0 Å². The van der Waals surface area contributed by atoms with Crippen molar-refractivity contribution in [3.63, 3.8) is 0 Å². The number of carbonyl (C=O) groups is 1. The lowest BCUT2D eigenvalue weighted by atomic mass is 10.6. The number of hydrogen-bond acceptors (Lipinski definition) is 5. The van der Waals surface area contributed by atoms with Crippen LogP contribution in [0.3, 0.4) is 0 Å². The normalized spacial score (nSPS) is 9.86. The fourth-order valence-corrected chi connectivity index (χ4v) is 0.876. The van der Waals surface area contributed by atoms with Gasteiger partial charge < -0.3 is 19.4 Å². The molecule has 0 unspecified atom stereocenters. The van der Waals surface area contributed by atoms with Gasteiger partial charge in [0.05, 0.1) is 0 Å². The number of esters is 1. The van der Waals surface area contributed by atoms with E-state index in [1.807, 2.05) is 0 Å². The lowest BCUT2D eigenvalue weighted by Crippen LogP contribution is -2.04. The third kappa shape index (κ3) is 2.28. The molecule has 1 heterocycles. The van der Waals surface area contributed by atoms with Crippen LogP contribution in [0.25, 0.3) is 0 Å². The highest BCUT2D eigenvalue weighted by Crippen LogP contribution is 2.10. The Hall–Kier alpha value is -1.92. The highest BCUT2D eigenvalue weighted by atomic mass is 16.6. The molecule has 0 saturated heterocycles. The summed E-state index contributed by atoms with van der Waals surface area (Å²) in [4.78, 5) is 23.9. The van der Waals surface area contributed by atoms with Gasteiger partial charge >= 0.3 is 11.8 Å². The van der Waals surface area contributed by atoms with E-state index in [0.29, 0.717) is 5.82 Å². The van der Waals surface area contributed by atoms with Crippen molar-refractivity contribution in [2.45, 2.75) is 13.5 Å². The maximum atomic E-state index is 10.5. The predicted octanol–water partition coefficient (Wildman–Crippen LogP) is 0.391. The van der Waals surface area contributed by atoms with E-state index >= 15 is 0 Å². The van der Waals surface area contributed by atoms with Gasteiger partial charge in [-0.1, -0.05) is 0 Å². The molecule has 14 heavy (non-hydrogen) atoms. The summed E-state index contributed by atoms with van der Waals surface area (Å²) in [7, 11) is 1.60. The van der Waals surface area contributed by atoms with Crippen LogP contribution in [0.5, 0.6) is 0 Å². The second-order valence-electron chi connectivity index (χ2n) is 2.66. The molecule has 0 spiro atoms. The lowest BCUT2D eigenvalue weighted by Gasteiger charge is -1.96. The Morgan fingerprint density at radius 2 is 2.43 bits per heavy atom. The molecular formula is C7H9N3O4. The van der Waals surface area contributed by atoms with Crippen molar-refractivity contribution in [1.82, 2.24) is 9.55 Å². The van der Waals surface area contributed by atoms with Gasteiger partial charge in [0.1, 0.15) is 6.20 Å². The maximum absolute atomic E-state index is 10.5. The zero-order valence-electron chi connectivity index (χ0n) is 7.76. The summed E-state index contributed by atoms with van der Waals surface area (Å²) in [5.41, 5.74) is 0. The van der Waals surface area contributed by atoms with Gasteiger partial charge in [-0.15, -0.1) is 0 Å². The molecule has 0 aliphatic heterocycles. The van der Waals surface area contributed by atoms with E-state index in [2.05, 4.69) is 9.72 Å². The molecule has 1 aromatic heterocycles. The van der Waals surface area contributed by atoms with Gasteiger partial charge in [0.15, 0.2) is 6.61 Å². The first-order valence-electron chi connectivity index (χ1n) is 3.80.